The molecule has 5 heterocycles. The molecule has 1 saturated carbocycles. The normalized spacial score (nSPS) is 43.1. The van der Waals surface area contributed by atoms with Crippen LogP contribution in [-0.4, -0.2) is 102 Å². The second-order valence-corrected chi connectivity index (χ2v) is 14.1. The molecule has 8 N–H and O–H groups in total. The number of nitrogens with zero attached hydrogens (tertiary/aromatic N) is 1. The van der Waals surface area contributed by atoms with Crippen molar-refractivity contribution in [2.45, 2.75) is 85.0 Å². The fourth-order valence-corrected chi connectivity index (χ4v) is 9.84. The second-order valence-electron chi connectivity index (χ2n) is 11.6. The van der Waals surface area contributed by atoms with Crippen molar-refractivity contribution < 1.29 is 19.1 Å². The van der Waals surface area contributed by atoms with E-state index >= 15 is 0 Å². The number of amides is 1. The zero-order valence-electron chi connectivity index (χ0n) is 22.4. The van der Waals surface area contributed by atoms with E-state index in [9.17, 15) is 9.59 Å². The van der Waals surface area contributed by atoms with E-state index < -0.39 is 0 Å². The first-order chi connectivity index (χ1) is 19.0. The van der Waals surface area contributed by atoms with Crippen molar-refractivity contribution in [3.05, 3.63) is 12.0 Å². The van der Waals surface area contributed by atoms with Gasteiger partial charge in [-0.15, -0.1) is 23.5 Å². The standard InChI is InChI=1S/C26H43N7O4S2/c27-16-3-1-2-4-17(16)30-19-6-5-14(24(28)35)25(31-19)32-20-12-29-26(39-20)15-13-38-23-18(34)11-21(37-22(15)23)33-7-9-36-10-8-33/h11,14-17,19-20,22-23,25-26,29-32H,1-10,12-13,27H2,(H2,28,35)/t14?,15?,16-,17+,19?,20?,22?,23?,25?,26?/m1/s1. The molecule has 0 aromatic heterocycles. The average Bonchev–Trinajstić information content (AvgIpc) is 3.58. The Hall–Kier alpha value is -1.06. The van der Waals surface area contributed by atoms with E-state index in [1.165, 1.54) is 12.8 Å². The Kier molecular flexibility index (Phi) is 8.95. The maximum atomic E-state index is 13.0. The van der Waals surface area contributed by atoms with Crippen LogP contribution in [0.15, 0.2) is 12.0 Å². The fraction of sp³-hybridized carbons (Fsp3) is 0.846. The molecule has 0 aromatic rings. The lowest BCUT2D eigenvalue weighted by molar-refractivity contribution is -0.124. The zero-order valence-corrected chi connectivity index (χ0v) is 24.0. The van der Waals surface area contributed by atoms with E-state index in [4.69, 9.17) is 20.9 Å². The van der Waals surface area contributed by atoms with E-state index in [1.807, 2.05) is 11.8 Å². The summed E-state index contributed by atoms with van der Waals surface area (Å²) in [6.45, 7) is 3.56. The summed E-state index contributed by atoms with van der Waals surface area (Å²) in [6.07, 6.45) is 7.57. The van der Waals surface area contributed by atoms with Gasteiger partial charge in [-0.25, -0.2) is 0 Å². The molecule has 218 valence electrons. The Morgan fingerprint density at radius 1 is 1.13 bits per heavy atom. The van der Waals surface area contributed by atoms with E-state index in [0.29, 0.717) is 25.1 Å². The first-order valence-corrected chi connectivity index (χ1v) is 16.5. The number of hydrogen-bond donors (Lipinski definition) is 6. The number of carbonyl (C=O) groups is 2. The fourth-order valence-electron chi connectivity index (χ4n) is 6.81. The summed E-state index contributed by atoms with van der Waals surface area (Å²) in [4.78, 5) is 27.4. The number of hydrogen-bond acceptors (Lipinski definition) is 12. The first kappa shape index (κ1) is 28.1. The molecule has 39 heavy (non-hydrogen) atoms. The number of nitrogens with two attached hydrogens (primary N) is 2. The summed E-state index contributed by atoms with van der Waals surface area (Å²) in [7, 11) is 0. The van der Waals surface area contributed by atoms with Crippen LogP contribution >= 0.6 is 23.5 Å². The summed E-state index contributed by atoms with van der Waals surface area (Å²) in [5.74, 6) is 1.40. The molecule has 4 saturated heterocycles. The van der Waals surface area contributed by atoms with Gasteiger partial charge in [0, 0.05) is 49.5 Å². The van der Waals surface area contributed by atoms with Crippen molar-refractivity contribution in [2.24, 2.45) is 23.3 Å². The van der Waals surface area contributed by atoms with Crippen molar-refractivity contribution in [2.75, 3.05) is 38.6 Å². The molecule has 10 atom stereocenters. The van der Waals surface area contributed by atoms with Gasteiger partial charge in [-0.1, -0.05) is 12.8 Å². The van der Waals surface area contributed by atoms with E-state index in [-0.39, 0.29) is 64.0 Å². The highest BCUT2D eigenvalue weighted by molar-refractivity contribution is 8.01. The predicted molar refractivity (Wildman–Crippen MR) is 152 cm³/mol. The first-order valence-electron chi connectivity index (χ1n) is 14.5. The van der Waals surface area contributed by atoms with Crippen LogP contribution in [-0.2, 0) is 19.1 Å². The zero-order chi connectivity index (χ0) is 26.9. The summed E-state index contributed by atoms with van der Waals surface area (Å²) < 4.78 is 12.0. The third-order valence-corrected chi connectivity index (χ3v) is 11.9. The molecule has 1 aliphatic carbocycles. The number of carbonyl (C=O) groups excluding carboxylic acids is 2. The maximum absolute atomic E-state index is 13.0. The van der Waals surface area contributed by atoms with Crippen molar-refractivity contribution in [1.82, 2.24) is 26.2 Å². The molecule has 11 nitrogen and oxygen atoms in total. The third kappa shape index (κ3) is 6.25. The van der Waals surface area contributed by atoms with Gasteiger partial charge < -0.3 is 31.2 Å². The lowest BCUT2D eigenvalue weighted by Crippen LogP contribution is -2.65. The van der Waals surface area contributed by atoms with Gasteiger partial charge >= 0.3 is 0 Å². The van der Waals surface area contributed by atoms with Gasteiger partial charge in [-0.3, -0.25) is 25.5 Å². The molecule has 0 aromatic carbocycles. The number of rotatable bonds is 7. The average molecular weight is 582 g/mol. The minimum absolute atomic E-state index is 0.0986. The monoisotopic (exact) mass is 581 g/mol. The highest BCUT2D eigenvalue weighted by Crippen LogP contribution is 2.44. The molecule has 5 aliphatic heterocycles. The van der Waals surface area contributed by atoms with Crippen molar-refractivity contribution >= 4 is 35.2 Å². The molecule has 0 bridgehead atoms. The van der Waals surface area contributed by atoms with E-state index in [0.717, 1.165) is 51.1 Å². The summed E-state index contributed by atoms with van der Waals surface area (Å²) in [6, 6.07) is 0.480. The third-order valence-electron chi connectivity index (χ3n) is 9.03. The van der Waals surface area contributed by atoms with Crippen molar-refractivity contribution in [3.8, 4) is 0 Å². The number of primary amides is 1. The summed E-state index contributed by atoms with van der Waals surface area (Å²) in [5, 5.41) is 14.9. The van der Waals surface area contributed by atoms with Gasteiger partial charge in [0.1, 0.15) is 11.4 Å². The molecular weight excluding hydrogens is 538 g/mol. The van der Waals surface area contributed by atoms with Crippen LogP contribution in [0.3, 0.4) is 0 Å². The quantitative estimate of drug-likeness (QED) is 0.228. The summed E-state index contributed by atoms with van der Waals surface area (Å²) in [5.41, 5.74) is 12.2. The van der Waals surface area contributed by atoms with Gasteiger partial charge in [0.2, 0.25) is 5.91 Å². The lowest BCUT2D eigenvalue weighted by Gasteiger charge is -2.41. The second kappa shape index (κ2) is 12.4. The Balaban J connectivity index is 1.06. The Morgan fingerprint density at radius 3 is 2.74 bits per heavy atom. The number of morpholine rings is 1. The largest absolute Gasteiger partial charge is 0.474 e. The topological polar surface area (TPSA) is 156 Å². The molecule has 1 amide bonds. The Morgan fingerprint density at radius 2 is 1.95 bits per heavy atom. The number of piperidine rings is 1. The van der Waals surface area contributed by atoms with Gasteiger partial charge in [0.05, 0.1) is 42.2 Å². The van der Waals surface area contributed by atoms with Crippen LogP contribution in [0.1, 0.15) is 38.5 Å². The van der Waals surface area contributed by atoms with Crippen LogP contribution in [0.2, 0.25) is 0 Å². The predicted octanol–water partition coefficient (Wildman–Crippen LogP) is -0.566. The number of allylic oxidation sites excluding steroid dienone is 1. The van der Waals surface area contributed by atoms with E-state index in [1.54, 1.807) is 17.8 Å². The number of nitrogens with one attached hydrogen (secondary N) is 4. The highest BCUT2D eigenvalue weighted by atomic mass is 32.2. The SMILES string of the molecule is NC(=O)C1CCC(N[C@H]2CCCC[C@H]2N)NC1NC1CNC(C2CSC3C(=O)C=C(N4CCOCC4)OC32)S1. The molecule has 0 radical (unpaired) electrons. The minimum Gasteiger partial charge on any atom is -0.474 e. The molecule has 6 rings (SSSR count). The van der Waals surface area contributed by atoms with Crippen LogP contribution in [0.4, 0.5) is 0 Å². The molecular formula is C26H43N7O4S2. The number of ketones is 1. The minimum atomic E-state index is -0.271. The molecule has 8 unspecified atom stereocenters. The van der Waals surface area contributed by atoms with Crippen LogP contribution in [0, 0.1) is 11.8 Å². The van der Waals surface area contributed by atoms with Crippen LogP contribution in [0.5, 0.6) is 0 Å². The van der Waals surface area contributed by atoms with Crippen molar-refractivity contribution in [3.63, 3.8) is 0 Å². The van der Waals surface area contributed by atoms with Gasteiger partial charge in [0.25, 0.3) is 0 Å². The highest BCUT2D eigenvalue weighted by Gasteiger charge is 2.50. The molecule has 6 aliphatic rings. The van der Waals surface area contributed by atoms with Crippen LogP contribution < -0.4 is 32.7 Å². The number of thioether (sulfide) groups is 2. The summed E-state index contributed by atoms with van der Waals surface area (Å²) >= 11 is 3.54. The van der Waals surface area contributed by atoms with Gasteiger partial charge in [0.15, 0.2) is 11.7 Å². The van der Waals surface area contributed by atoms with Gasteiger partial charge in [-0.05, 0) is 25.7 Å². The molecule has 0 spiro atoms. The van der Waals surface area contributed by atoms with E-state index in [2.05, 4.69) is 26.2 Å². The number of fused-ring (bicyclic) bond motifs is 1. The van der Waals surface area contributed by atoms with Crippen molar-refractivity contribution in [1.29, 1.82) is 0 Å². The lowest BCUT2D eigenvalue weighted by atomic mass is 9.89. The molecule has 13 heteroatoms. The van der Waals surface area contributed by atoms with Gasteiger partial charge in [-0.2, -0.15) is 0 Å². The number of ether oxygens (including phenoxy) is 2. The maximum Gasteiger partial charge on any atom is 0.223 e. The van der Waals surface area contributed by atoms with Crippen LogP contribution in [0.25, 0.3) is 0 Å². The Labute approximate surface area is 239 Å². The Bertz CT molecular complexity index is 938. The smallest absolute Gasteiger partial charge is 0.223 e. The molecule has 5 fully saturated rings.